The van der Waals surface area contributed by atoms with Crippen molar-refractivity contribution >= 4 is 11.8 Å². The number of hydrogen-bond acceptors (Lipinski definition) is 5. The lowest BCUT2D eigenvalue weighted by molar-refractivity contribution is 0.128. The normalized spacial score (nSPS) is 17.1. The van der Waals surface area contributed by atoms with Crippen molar-refractivity contribution in [3.8, 4) is 0 Å². The smallest absolute Gasteiger partial charge is 0.224 e. The number of hydrogen-bond donors (Lipinski definition) is 1. The zero-order valence-electron chi connectivity index (χ0n) is 14.1. The van der Waals surface area contributed by atoms with Gasteiger partial charge in [-0.3, -0.25) is 4.90 Å². The third kappa shape index (κ3) is 4.06. The van der Waals surface area contributed by atoms with E-state index in [1.807, 2.05) is 6.20 Å². The molecule has 1 aliphatic heterocycles. The Morgan fingerprint density at radius 2 is 1.86 bits per heavy atom. The van der Waals surface area contributed by atoms with Crippen molar-refractivity contribution in [3.05, 3.63) is 11.8 Å². The first kappa shape index (κ1) is 16.0. The minimum Gasteiger partial charge on any atom is -0.354 e. The van der Waals surface area contributed by atoms with Crippen LogP contribution in [0.5, 0.6) is 0 Å². The van der Waals surface area contributed by atoms with Crippen LogP contribution in [0.1, 0.15) is 39.7 Å². The first-order valence-corrected chi connectivity index (χ1v) is 7.99. The Bertz CT molecular complexity index is 458. The summed E-state index contributed by atoms with van der Waals surface area (Å²) in [6, 6.07) is 0. The van der Waals surface area contributed by atoms with Crippen LogP contribution >= 0.6 is 0 Å². The summed E-state index contributed by atoms with van der Waals surface area (Å²) in [5.41, 5.74) is 1.40. The molecule has 1 aliphatic rings. The summed E-state index contributed by atoms with van der Waals surface area (Å²) in [6.45, 7) is 16.2. The lowest BCUT2D eigenvalue weighted by atomic mass is 10.0. The minimum atomic E-state index is 0.251. The summed E-state index contributed by atoms with van der Waals surface area (Å²) in [7, 11) is 0. The molecule has 0 amide bonds. The lowest BCUT2D eigenvalue weighted by Crippen LogP contribution is -2.53. The van der Waals surface area contributed by atoms with E-state index < -0.39 is 0 Å². The quantitative estimate of drug-likeness (QED) is 0.923. The van der Waals surface area contributed by atoms with Crippen LogP contribution in [0.25, 0.3) is 0 Å². The molecular formula is C16H29N5. The predicted octanol–water partition coefficient (Wildman–Crippen LogP) is 2.53. The first-order valence-electron chi connectivity index (χ1n) is 7.99. The fraction of sp³-hybridized carbons (Fsp3) is 0.750. The van der Waals surface area contributed by atoms with Crippen molar-refractivity contribution < 1.29 is 0 Å². The SMILES string of the molecule is CCCNc1ncc(C)c(N2CCN(C(C)(C)C)CC2)n1. The molecule has 0 atom stereocenters. The summed E-state index contributed by atoms with van der Waals surface area (Å²) in [5, 5.41) is 3.27. The highest BCUT2D eigenvalue weighted by atomic mass is 15.3. The number of anilines is 2. The first-order chi connectivity index (χ1) is 9.91. The summed E-state index contributed by atoms with van der Waals surface area (Å²) >= 11 is 0. The third-order valence-corrected chi connectivity index (χ3v) is 4.01. The molecule has 0 unspecified atom stereocenters. The van der Waals surface area contributed by atoms with Crippen molar-refractivity contribution in [1.82, 2.24) is 14.9 Å². The van der Waals surface area contributed by atoms with Gasteiger partial charge in [-0.05, 0) is 34.1 Å². The topological polar surface area (TPSA) is 44.3 Å². The molecule has 0 aromatic carbocycles. The average Bonchev–Trinajstić information content (AvgIpc) is 2.46. The number of nitrogens with zero attached hydrogens (tertiary/aromatic N) is 4. The second-order valence-electron chi connectivity index (χ2n) is 6.77. The maximum atomic E-state index is 4.71. The highest BCUT2D eigenvalue weighted by Gasteiger charge is 2.26. The van der Waals surface area contributed by atoms with Crippen molar-refractivity contribution in [2.24, 2.45) is 0 Å². The molecule has 0 radical (unpaired) electrons. The molecule has 1 aromatic rings. The van der Waals surface area contributed by atoms with Gasteiger partial charge in [0.2, 0.25) is 5.95 Å². The number of aryl methyl sites for hydroxylation is 1. The van der Waals surface area contributed by atoms with Crippen LogP contribution < -0.4 is 10.2 Å². The zero-order chi connectivity index (χ0) is 15.5. The Kier molecular flexibility index (Phi) is 5.04. The molecule has 1 fully saturated rings. The highest BCUT2D eigenvalue weighted by molar-refractivity contribution is 5.49. The third-order valence-electron chi connectivity index (χ3n) is 4.01. The standard InChI is InChI=1S/C16H29N5/c1-6-7-17-15-18-12-13(2)14(19-15)20-8-10-21(11-9-20)16(3,4)5/h12H,6-11H2,1-5H3,(H,17,18,19). The van der Waals surface area contributed by atoms with E-state index >= 15 is 0 Å². The van der Waals surface area contributed by atoms with Gasteiger partial charge in [-0.2, -0.15) is 4.98 Å². The van der Waals surface area contributed by atoms with Crippen molar-refractivity contribution in [2.75, 3.05) is 42.9 Å². The highest BCUT2D eigenvalue weighted by Crippen LogP contribution is 2.22. The van der Waals surface area contributed by atoms with Gasteiger partial charge in [-0.25, -0.2) is 4.98 Å². The maximum absolute atomic E-state index is 4.71. The molecule has 5 nitrogen and oxygen atoms in total. The summed E-state index contributed by atoms with van der Waals surface area (Å²) in [6.07, 6.45) is 3.01. The molecule has 0 saturated carbocycles. The van der Waals surface area contributed by atoms with E-state index in [1.54, 1.807) is 0 Å². The molecule has 1 aromatic heterocycles. The van der Waals surface area contributed by atoms with E-state index in [1.165, 1.54) is 0 Å². The Morgan fingerprint density at radius 1 is 1.19 bits per heavy atom. The van der Waals surface area contributed by atoms with E-state index in [0.717, 1.165) is 56.5 Å². The molecule has 2 heterocycles. The maximum Gasteiger partial charge on any atom is 0.224 e. The van der Waals surface area contributed by atoms with E-state index in [9.17, 15) is 0 Å². The minimum absolute atomic E-state index is 0.251. The lowest BCUT2D eigenvalue weighted by Gasteiger charge is -2.42. The fourth-order valence-corrected chi connectivity index (χ4v) is 2.66. The summed E-state index contributed by atoms with van der Waals surface area (Å²) < 4.78 is 0. The number of rotatable bonds is 4. The predicted molar refractivity (Wildman–Crippen MR) is 89.1 cm³/mol. The Hall–Kier alpha value is -1.36. The van der Waals surface area contributed by atoms with Gasteiger partial charge in [-0.15, -0.1) is 0 Å². The van der Waals surface area contributed by atoms with E-state index in [-0.39, 0.29) is 5.54 Å². The second kappa shape index (κ2) is 6.60. The second-order valence-corrected chi connectivity index (χ2v) is 6.77. The van der Waals surface area contributed by atoms with Gasteiger partial charge in [0.1, 0.15) is 5.82 Å². The molecule has 0 spiro atoms. The van der Waals surface area contributed by atoms with Crippen LogP contribution in [-0.2, 0) is 0 Å². The number of nitrogens with one attached hydrogen (secondary N) is 1. The molecule has 118 valence electrons. The summed E-state index contributed by atoms with van der Waals surface area (Å²) in [5.74, 6) is 1.83. The van der Waals surface area contributed by atoms with Crippen molar-refractivity contribution in [3.63, 3.8) is 0 Å². The van der Waals surface area contributed by atoms with Crippen LogP contribution in [0.3, 0.4) is 0 Å². The zero-order valence-corrected chi connectivity index (χ0v) is 14.1. The van der Waals surface area contributed by atoms with Gasteiger partial charge in [0, 0.05) is 50.0 Å². The Balaban J connectivity index is 2.05. The van der Waals surface area contributed by atoms with Crippen LogP contribution in [0.2, 0.25) is 0 Å². The van der Waals surface area contributed by atoms with Crippen LogP contribution in [0, 0.1) is 6.92 Å². The number of piperazine rings is 1. The fourth-order valence-electron chi connectivity index (χ4n) is 2.66. The average molecular weight is 291 g/mol. The molecule has 1 saturated heterocycles. The molecule has 5 heteroatoms. The van der Waals surface area contributed by atoms with Gasteiger partial charge >= 0.3 is 0 Å². The van der Waals surface area contributed by atoms with E-state index in [0.29, 0.717) is 0 Å². The van der Waals surface area contributed by atoms with Crippen LogP contribution in [0.4, 0.5) is 11.8 Å². The van der Waals surface area contributed by atoms with Crippen LogP contribution in [0.15, 0.2) is 6.20 Å². The molecular weight excluding hydrogens is 262 g/mol. The van der Waals surface area contributed by atoms with Gasteiger partial charge in [0.05, 0.1) is 0 Å². The monoisotopic (exact) mass is 291 g/mol. The van der Waals surface area contributed by atoms with E-state index in [4.69, 9.17) is 4.98 Å². The molecule has 1 N–H and O–H groups in total. The van der Waals surface area contributed by atoms with Crippen molar-refractivity contribution in [1.29, 1.82) is 0 Å². The van der Waals surface area contributed by atoms with Gasteiger partial charge < -0.3 is 10.2 Å². The van der Waals surface area contributed by atoms with Crippen LogP contribution in [-0.4, -0.2) is 53.1 Å². The molecule has 2 rings (SSSR count). The largest absolute Gasteiger partial charge is 0.354 e. The molecule has 0 aliphatic carbocycles. The van der Waals surface area contributed by atoms with E-state index in [2.05, 4.69) is 54.7 Å². The summed E-state index contributed by atoms with van der Waals surface area (Å²) in [4.78, 5) is 14.0. The Labute approximate surface area is 128 Å². The number of aromatic nitrogens is 2. The molecule has 21 heavy (non-hydrogen) atoms. The van der Waals surface area contributed by atoms with Gasteiger partial charge in [-0.1, -0.05) is 6.92 Å². The molecule has 0 bridgehead atoms. The van der Waals surface area contributed by atoms with Gasteiger partial charge in [0.15, 0.2) is 0 Å². The van der Waals surface area contributed by atoms with Gasteiger partial charge in [0.25, 0.3) is 0 Å². The Morgan fingerprint density at radius 3 is 2.43 bits per heavy atom. The van der Waals surface area contributed by atoms with Crippen molar-refractivity contribution in [2.45, 2.75) is 46.6 Å².